The number of hydrogen-bond donors (Lipinski definition) is 2. The molecule has 0 aromatic carbocycles. The van der Waals surface area contributed by atoms with Crippen molar-refractivity contribution in [3.8, 4) is 0 Å². The van der Waals surface area contributed by atoms with E-state index in [1.54, 1.807) is 6.07 Å². The van der Waals surface area contributed by atoms with Gasteiger partial charge in [-0.05, 0) is 26.1 Å². The Morgan fingerprint density at radius 3 is 2.86 bits per heavy atom. The number of rotatable bonds is 4. The molecule has 0 saturated heterocycles. The van der Waals surface area contributed by atoms with Crippen molar-refractivity contribution < 1.29 is 5.11 Å². The van der Waals surface area contributed by atoms with Gasteiger partial charge in [-0.1, -0.05) is 6.07 Å². The summed E-state index contributed by atoms with van der Waals surface area (Å²) in [6.07, 6.45) is 0. The molecule has 0 aliphatic rings. The molecular formula is C10H17N3O. The van der Waals surface area contributed by atoms with Gasteiger partial charge in [0.1, 0.15) is 5.82 Å². The fraction of sp³-hybridized carbons (Fsp3) is 0.500. The molecule has 0 aliphatic heterocycles. The van der Waals surface area contributed by atoms with Crippen LogP contribution in [0.5, 0.6) is 0 Å². The lowest BCUT2D eigenvalue weighted by Gasteiger charge is -2.22. The Kier molecular flexibility index (Phi) is 3.85. The second kappa shape index (κ2) is 4.93. The number of aliphatic hydroxyl groups excluding tert-OH is 1. The molecule has 1 aromatic heterocycles. The van der Waals surface area contributed by atoms with Crippen LogP contribution in [0.15, 0.2) is 18.2 Å². The molecule has 0 bridgehead atoms. The van der Waals surface area contributed by atoms with Gasteiger partial charge in [-0.25, -0.2) is 4.98 Å². The Hall–Kier alpha value is -1.13. The number of likely N-dealkylation sites (N-methyl/N-ethyl adjacent to an activating group) is 1. The number of pyridine rings is 1. The van der Waals surface area contributed by atoms with E-state index in [1.807, 2.05) is 31.0 Å². The highest BCUT2D eigenvalue weighted by Gasteiger charge is 2.08. The number of hydrogen-bond acceptors (Lipinski definition) is 4. The number of aliphatic hydroxyl groups is 1. The molecule has 0 saturated carbocycles. The first-order valence-corrected chi connectivity index (χ1v) is 4.66. The topological polar surface area (TPSA) is 62.4 Å². The first-order valence-electron chi connectivity index (χ1n) is 4.66. The Morgan fingerprint density at radius 1 is 1.57 bits per heavy atom. The SMILES string of the molecule is CC(CO)N(C)Cc1cccc(N)n1. The van der Waals surface area contributed by atoms with E-state index in [9.17, 15) is 0 Å². The maximum Gasteiger partial charge on any atom is 0.123 e. The molecule has 0 aliphatic carbocycles. The standard InChI is InChI=1S/C10H17N3O/c1-8(7-14)13(2)6-9-4-3-5-10(11)12-9/h3-5,8,14H,6-7H2,1-2H3,(H2,11,12). The molecule has 0 spiro atoms. The van der Waals surface area contributed by atoms with Crippen LogP contribution < -0.4 is 5.73 Å². The Labute approximate surface area is 84.4 Å². The minimum Gasteiger partial charge on any atom is -0.395 e. The monoisotopic (exact) mass is 195 g/mol. The first-order chi connectivity index (χ1) is 6.63. The van der Waals surface area contributed by atoms with Gasteiger partial charge in [0.25, 0.3) is 0 Å². The third-order valence-corrected chi connectivity index (χ3v) is 2.26. The lowest BCUT2D eigenvalue weighted by atomic mass is 10.2. The van der Waals surface area contributed by atoms with Crippen LogP contribution in [0, 0.1) is 0 Å². The highest BCUT2D eigenvalue weighted by atomic mass is 16.3. The summed E-state index contributed by atoms with van der Waals surface area (Å²) in [4.78, 5) is 6.21. The predicted octanol–water partition coefficient (Wildman–Crippen LogP) is 0.476. The average molecular weight is 195 g/mol. The predicted molar refractivity (Wildman–Crippen MR) is 56.7 cm³/mol. The van der Waals surface area contributed by atoms with Gasteiger partial charge in [0.05, 0.1) is 12.3 Å². The molecule has 0 amide bonds. The normalized spacial score (nSPS) is 13.1. The second-order valence-electron chi connectivity index (χ2n) is 3.50. The third kappa shape index (κ3) is 2.97. The molecular weight excluding hydrogens is 178 g/mol. The molecule has 1 heterocycles. The number of anilines is 1. The van der Waals surface area contributed by atoms with Crippen molar-refractivity contribution in [3.05, 3.63) is 23.9 Å². The lowest BCUT2D eigenvalue weighted by molar-refractivity contribution is 0.153. The van der Waals surface area contributed by atoms with Crippen LogP contribution >= 0.6 is 0 Å². The molecule has 0 fully saturated rings. The maximum absolute atomic E-state index is 8.95. The molecule has 1 unspecified atom stereocenters. The smallest absolute Gasteiger partial charge is 0.123 e. The van der Waals surface area contributed by atoms with Crippen molar-refractivity contribution in [1.82, 2.24) is 9.88 Å². The summed E-state index contributed by atoms with van der Waals surface area (Å²) in [7, 11) is 1.95. The van der Waals surface area contributed by atoms with Crippen LogP contribution in [0.3, 0.4) is 0 Å². The van der Waals surface area contributed by atoms with Crippen LogP contribution in [-0.4, -0.2) is 34.7 Å². The molecule has 78 valence electrons. The third-order valence-electron chi connectivity index (χ3n) is 2.26. The highest BCUT2D eigenvalue weighted by Crippen LogP contribution is 2.05. The molecule has 4 heteroatoms. The highest BCUT2D eigenvalue weighted by molar-refractivity contribution is 5.28. The quantitative estimate of drug-likeness (QED) is 0.733. The molecule has 1 aromatic rings. The average Bonchev–Trinajstić information content (AvgIpc) is 2.16. The summed E-state index contributed by atoms with van der Waals surface area (Å²) < 4.78 is 0. The largest absolute Gasteiger partial charge is 0.395 e. The Morgan fingerprint density at radius 2 is 2.29 bits per heavy atom. The molecule has 1 atom stereocenters. The second-order valence-corrected chi connectivity index (χ2v) is 3.50. The fourth-order valence-electron chi connectivity index (χ4n) is 1.14. The van der Waals surface area contributed by atoms with E-state index >= 15 is 0 Å². The molecule has 0 radical (unpaired) electrons. The number of nitrogen functional groups attached to an aromatic ring is 1. The number of nitrogens with zero attached hydrogens (tertiary/aromatic N) is 2. The first kappa shape index (κ1) is 10.9. The Balaban J connectivity index is 2.60. The van der Waals surface area contributed by atoms with Crippen LogP contribution in [0.1, 0.15) is 12.6 Å². The maximum atomic E-state index is 8.95. The van der Waals surface area contributed by atoms with E-state index < -0.39 is 0 Å². The number of aromatic nitrogens is 1. The zero-order valence-corrected chi connectivity index (χ0v) is 8.64. The van der Waals surface area contributed by atoms with E-state index in [-0.39, 0.29) is 12.6 Å². The summed E-state index contributed by atoms with van der Waals surface area (Å²) in [6, 6.07) is 5.71. The van der Waals surface area contributed by atoms with E-state index in [4.69, 9.17) is 10.8 Å². The molecule has 3 N–H and O–H groups in total. The van der Waals surface area contributed by atoms with Crippen LogP contribution in [0.25, 0.3) is 0 Å². The van der Waals surface area contributed by atoms with Crippen molar-refractivity contribution in [1.29, 1.82) is 0 Å². The minimum atomic E-state index is 0.137. The van der Waals surface area contributed by atoms with Crippen molar-refractivity contribution >= 4 is 5.82 Å². The molecule has 14 heavy (non-hydrogen) atoms. The number of nitrogens with two attached hydrogens (primary N) is 1. The van der Waals surface area contributed by atoms with Gasteiger partial charge >= 0.3 is 0 Å². The van der Waals surface area contributed by atoms with E-state index in [0.717, 1.165) is 5.69 Å². The Bertz CT molecular complexity index is 290. The van der Waals surface area contributed by atoms with Gasteiger partial charge in [0.2, 0.25) is 0 Å². The summed E-state index contributed by atoms with van der Waals surface area (Å²) in [6.45, 7) is 2.82. The molecule has 1 rings (SSSR count). The van der Waals surface area contributed by atoms with Gasteiger partial charge in [0.15, 0.2) is 0 Å². The van der Waals surface area contributed by atoms with Gasteiger partial charge in [-0.15, -0.1) is 0 Å². The minimum absolute atomic E-state index is 0.137. The zero-order chi connectivity index (χ0) is 10.6. The summed E-state index contributed by atoms with van der Waals surface area (Å²) >= 11 is 0. The van der Waals surface area contributed by atoms with Crippen molar-refractivity contribution in [2.45, 2.75) is 19.5 Å². The van der Waals surface area contributed by atoms with Crippen LogP contribution in [0.4, 0.5) is 5.82 Å². The van der Waals surface area contributed by atoms with Crippen LogP contribution in [-0.2, 0) is 6.54 Å². The van der Waals surface area contributed by atoms with Crippen molar-refractivity contribution in [2.24, 2.45) is 0 Å². The fourth-order valence-corrected chi connectivity index (χ4v) is 1.14. The van der Waals surface area contributed by atoms with Gasteiger partial charge < -0.3 is 10.8 Å². The van der Waals surface area contributed by atoms with E-state index in [1.165, 1.54) is 0 Å². The van der Waals surface area contributed by atoms with Crippen molar-refractivity contribution in [3.63, 3.8) is 0 Å². The summed E-state index contributed by atoms with van der Waals surface area (Å²) in [5.74, 6) is 0.535. The van der Waals surface area contributed by atoms with E-state index in [2.05, 4.69) is 4.98 Å². The van der Waals surface area contributed by atoms with E-state index in [0.29, 0.717) is 12.4 Å². The van der Waals surface area contributed by atoms with Crippen molar-refractivity contribution in [2.75, 3.05) is 19.4 Å². The van der Waals surface area contributed by atoms with Gasteiger partial charge in [-0.3, -0.25) is 4.90 Å². The zero-order valence-electron chi connectivity index (χ0n) is 8.64. The van der Waals surface area contributed by atoms with Gasteiger partial charge in [-0.2, -0.15) is 0 Å². The van der Waals surface area contributed by atoms with Crippen LogP contribution in [0.2, 0.25) is 0 Å². The summed E-state index contributed by atoms with van der Waals surface area (Å²) in [5, 5.41) is 8.95. The lowest BCUT2D eigenvalue weighted by Crippen LogP contribution is -2.31. The summed E-state index contributed by atoms with van der Waals surface area (Å²) in [5.41, 5.74) is 6.49. The molecule has 4 nitrogen and oxygen atoms in total. The van der Waals surface area contributed by atoms with Gasteiger partial charge in [0, 0.05) is 12.6 Å².